The number of nitrogens with one attached hydrogen (secondary N) is 2. The first kappa shape index (κ1) is 12.8. The molecule has 0 unspecified atom stereocenters. The van der Waals surface area contributed by atoms with E-state index in [0.717, 1.165) is 5.56 Å². The van der Waals surface area contributed by atoms with Crippen molar-refractivity contribution < 1.29 is 9.53 Å². The van der Waals surface area contributed by atoms with Gasteiger partial charge in [-0.15, -0.1) is 0 Å². The number of likely N-dealkylation sites (N-methyl/N-ethyl adjacent to an activating group) is 1. The molecule has 0 aliphatic heterocycles. The number of alkyl carbamates (subject to hydrolysis) is 1. The van der Waals surface area contributed by atoms with Gasteiger partial charge >= 0.3 is 6.09 Å². The zero-order chi connectivity index (χ0) is 11.8. The number of carbonyl (C=O) groups is 1. The standard InChI is InChI=1S/C11H15ClN2O2/c1-13-6-7-14-11(15)16-8-9-4-2-3-5-10(9)12/h2-5,13H,6-8H2,1H3,(H,14,15). The molecule has 5 heteroatoms. The van der Waals surface area contributed by atoms with Crippen molar-refractivity contribution in [1.82, 2.24) is 10.6 Å². The van der Waals surface area contributed by atoms with Gasteiger partial charge in [-0.25, -0.2) is 4.79 Å². The molecule has 16 heavy (non-hydrogen) atoms. The SMILES string of the molecule is CNCCNC(=O)OCc1ccccc1Cl. The quantitative estimate of drug-likeness (QED) is 0.774. The monoisotopic (exact) mass is 242 g/mol. The van der Waals surface area contributed by atoms with E-state index < -0.39 is 6.09 Å². The van der Waals surface area contributed by atoms with Crippen molar-refractivity contribution in [1.29, 1.82) is 0 Å². The highest BCUT2D eigenvalue weighted by Gasteiger charge is 2.03. The predicted molar refractivity (Wildman–Crippen MR) is 63.6 cm³/mol. The van der Waals surface area contributed by atoms with Gasteiger partial charge in [0.1, 0.15) is 6.61 Å². The molecule has 0 saturated carbocycles. The molecule has 0 fully saturated rings. The average molecular weight is 243 g/mol. The Morgan fingerprint density at radius 3 is 2.81 bits per heavy atom. The number of hydrogen-bond donors (Lipinski definition) is 2. The third kappa shape index (κ3) is 4.51. The zero-order valence-electron chi connectivity index (χ0n) is 9.13. The van der Waals surface area contributed by atoms with E-state index >= 15 is 0 Å². The molecule has 0 heterocycles. The van der Waals surface area contributed by atoms with Gasteiger partial charge in [-0.05, 0) is 13.1 Å². The third-order valence-electron chi connectivity index (χ3n) is 1.96. The van der Waals surface area contributed by atoms with E-state index in [0.29, 0.717) is 18.1 Å². The fourth-order valence-electron chi connectivity index (χ4n) is 1.10. The Bertz CT molecular complexity index is 345. The van der Waals surface area contributed by atoms with Crippen LogP contribution in [0.2, 0.25) is 5.02 Å². The molecular weight excluding hydrogens is 228 g/mol. The third-order valence-corrected chi connectivity index (χ3v) is 2.33. The number of amides is 1. The van der Waals surface area contributed by atoms with Crippen LogP contribution in [-0.4, -0.2) is 26.2 Å². The molecule has 4 nitrogen and oxygen atoms in total. The predicted octanol–water partition coefficient (Wildman–Crippen LogP) is 1.79. The van der Waals surface area contributed by atoms with Crippen molar-refractivity contribution in [2.45, 2.75) is 6.61 Å². The molecule has 1 rings (SSSR count). The van der Waals surface area contributed by atoms with Gasteiger partial charge in [0.25, 0.3) is 0 Å². The van der Waals surface area contributed by atoms with Gasteiger partial charge in [-0.3, -0.25) is 0 Å². The maximum Gasteiger partial charge on any atom is 0.407 e. The van der Waals surface area contributed by atoms with E-state index in [2.05, 4.69) is 10.6 Å². The van der Waals surface area contributed by atoms with E-state index in [4.69, 9.17) is 16.3 Å². The van der Waals surface area contributed by atoms with Crippen molar-refractivity contribution in [3.8, 4) is 0 Å². The Morgan fingerprint density at radius 1 is 1.38 bits per heavy atom. The molecule has 1 aromatic rings. The molecule has 0 saturated heterocycles. The summed E-state index contributed by atoms with van der Waals surface area (Å²) >= 11 is 5.91. The van der Waals surface area contributed by atoms with Gasteiger partial charge in [0, 0.05) is 23.7 Å². The Hall–Kier alpha value is -1.26. The number of ether oxygens (including phenoxy) is 1. The van der Waals surface area contributed by atoms with Crippen LogP contribution in [0.5, 0.6) is 0 Å². The van der Waals surface area contributed by atoms with Gasteiger partial charge in [0.2, 0.25) is 0 Å². The minimum absolute atomic E-state index is 0.186. The zero-order valence-corrected chi connectivity index (χ0v) is 9.88. The Labute approximate surface area is 99.9 Å². The number of rotatable bonds is 5. The number of hydrogen-bond acceptors (Lipinski definition) is 3. The summed E-state index contributed by atoms with van der Waals surface area (Å²) in [5, 5.41) is 6.12. The van der Waals surface area contributed by atoms with Crippen LogP contribution in [0, 0.1) is 0 Å². The molecule has 0 bridgehead atoms. The largest absolute Gasteiger partial charge is 0.445 e. The van der Waals surface area contributed by atoms with Crippen LogP contribution in [0.1, 0.15) is 5.56 Å². The molecule has 0 aliphatic carbocycles. The molecule has 88 valence electrons. The minimum atomic E-state index is -0.435. The van der Waals surface area contributed by atoms with Crippen molar-refractivity contribution in [2.24, 2.45) is 0 Å². The summed E-state index contributed by atoms with van der Waals surface area (Å²) in [6, 6.07) is 7.27. The normalized spacial score (nSPS) is 9.88. The number of carbonyl (C=O) groups excluding carboxylic acids is 1. The highest BCUT2D eigenvalue weighted by molar-refractivity contribution is 6.31. The first-order chi connectivity index (χ1) is 7.74. The summed E-state index contributed by atoms with van der Waals surface area (Å²) in [5.74, 6) is 0. The first-order valence-corrected chi connectivity index (χ1v) is 5.40. The lowest BCUT2D eigenvalue weighted by molar-refractivity contribution is 0.140. The Kier molecular flexibility index (Phi) is 5.67. The minimum Gasteiger partial charge on any atom is -0.445 e. The van der Waals surface area contributed by atoms with E-state index in [9.17, 15) is 4.79 Å². The smallest absolute Gasteiger partial charge is 0.407 e. The van der Waals surface area contributed by atoms with Crippen LogP contribution in [0.25, 0.3) is 0 Å². The molecule has 2 N–H and O–H groups in total. The van der Waals surface area contributed by atoms with Crippen LogP contribution >= 0.6 is 11.6 Å². The summed E-state index contributed by atoms with van der Waals surface area (Å²) in [4.78, 5) is 11.2. The van der Waals surface area contributed by atoms with Crippen molar-refractivity contribution >= 4 is 17.7 Å². The summed E-state index contributed by atoms with van der Waals surface area (Å²) in [7, 11) is 1.82. The van der Waals surface area contributed by atoms with Crippen LogP contribution < -0.4 is 10.6 Å². The van der Waals surface area contributed by atoms with Crippen molar-refractivity contribution in [3.05, 3.63) is 34.9 Å². The van der Waals surface area contributed by atoms with Crippen LogP contribution in [0.15, 0.2) is 24.3 Å². The summed E-state index contributed by atoms with van der Waals surface area (Å²) in [5.41, 5.74) is 0.799. The molecule has 0 spiro atoms. The van der Waals surface area contributed by atoms with E-state index in [-0.39, 0.29) is 6.61 Å². The summed E-state index contributed by atoms with van der Waals surface area (Å²) < 4.78 is 4.99. The van der Waals surface area contributed by atoms with Crippen LogP contribution in [-0.2, 0) is 11.3 Å². The second-order valence-electron chi connectivity index (χ2n) is 3.20. The van der Waals surface area contributed by atoms with E-state index in [1.165, 1.54) is 0 Å². The molecule has 1 aromatic carbocycles. The number of benzene rings is 1. The van der Waals surface area contributed by atoms with Gasteiger partial charge in [0.05, 0.1) is 0 Å². The van der Waals surface area contributed by atoms with E-state index in [1.54, 1.807) is 6.07 Å². The fourth-order valence-corrected chi connectivity index (χ4v) is 1.29. The Morgan fingerprint density at radius 2 is 2.12 bits per heavy atom. The molecule has 1 amide bonds. The van der Waals surface area contributed by atoms with Gasteiger partial charge in [0.15, 0.2) is 0 Å². The molecule has 0 aromatic heterocycles. The summed E-state index contributed by atoms with van der Waals surface area (Å²) in [6.45, 7) is 1.43. The summed E-state index contributed by atoms with van der Waals surface area (Å²) in [6.07, 6.45) is -0.435. The molecule has 0 radical (unpaired) electrons. The first-order valence-electron chi connectivity index (χ1n) is 5.02. The van der Waals surface area contributed by atoms with Crippen LogP contribution in [0.3, 0.4) is 0 Å². The maximum atomic E-state index is 11.2. The maximum absolute atomic E-state index is 11.2. The van der Waals surface area contributed by atoms with E-state index in [1.807, 2.05) is 25.2 Å². The number of halogens is 1. The van der Waals surface area contributed by atoms with Gasteiger partial charge in [-0.2, -0.15) is 0 Å². The molecular formula is C11H15ClN2O2. The van der Waals surface area contributed by atoms with Gasteiger partial charge in [-0.1, -0.05) is 29.8 Å². The lowest BCUT2D eigenvalue weighted by Crippen LogP contribution is -2.30. The lowest BCUT2D eigenvalue weighted by atomic mass is 10.2. The highest BCUT2D eigenvalue weighted by Crippen LogP contribution is 2.15. The average Bonchev–Trinajstić information content (AvgIpc) is 2.28. The van der Waals surface area contributed by atoms with Crippen molar-refractivity contribution in [3.63, 3.8) is 0 Å². The van der Waals surface area contributed by atoms with Crippen LogP contribution in [0.4, 0.5) is 4.79 Å². The highest BCUT2D eigenvalue weighted by atomic mass is 35.5. The topological polar surface area (TPSA) is 50.4 Å². The van der Waals surface area contributed by atoms with Crippen molar-refractivity contribution in [2.75, 3.05) is 20.1 Å². The lowest BCUT2D eigenvalue weighted by Gasteiger charge is -2.07. The second-order valence-corrected chi connectivity index (χ2v) is 3.61. The molecule has 0 aliphatic rings. The Balaban J connectivity index is 2.29. The second kappa shape index (κ2) is 7.09. The molecule has 0 atom stereocenters. The van der Waals surface area contributed by atoms with Gasteiger partial charge < -0.3 is 15.4 Å². The fraction of sp³-hybridized carbons (Fsp3) is 0.364.